The molecule has 0 saturated heterocycles. The van der Waals surface area contributed by atoms with Gasteiger partial charge in [-0.15, -0.1) is 0 Å². The first kappa shape index (κ1) is 13.6. The lowest BCUT2D eigenvalue weighted by molar-refractivity contribution is 0.203. The Hall–Kier alpha value is -0.830. The lowest BCUT2D eigenvalue weighted by atomic mass is 9.78. The molecule has 2 unspecified atom stereocenters. The average molecular weight is 249 g/mol. The van der Waals surface area contributed by atoms with Crippen LogP contribution < -0.4 is 5.32 Å². The summed E-state index contributed by atoms with van der Waals surface area (Å²) in [5, 5.41) is 3.75. The fourth-order valence-electron chi connectivity index (χ4n) is 3.23. The van der Waals surface area contributed by atoms with Crippen LogP contribution in [0.3, 0.4) is 0 Å². The van der Waals surface area contributed by atoms with Crippen LogP contribution in [0.4, 0.5) is 0 Å². The van der Waals surface area contributed by atoms with E-state index in [4.69, 9.17) is 0 Å². The third kappa shape index (κ3) is 3.14. The zero-order valence-electron chi connectivity index (χ0n) is 12.0. The maximum atomic E-state index is 4.44. The summed E-state index contributed by atoms with van der Waals surface area (Å²) in [6.07, 6.45) is 9.47. The van der Waals surface area contributed by atoms with Crippen molar-refractivity contribution in [1.82, 2.24) is 14.9 Å². The fourth-order valence-corrected chi connectivity index (χ4v) is 3.23. The molecule has 18 heavy (non-hydrogen) atoms. The summed E-state index contributed by atoms with van der Waals surface area (Å²) in [6.45, 7) is 8.81. The van der Waals surface area contributed by atoms with Crippen molar-refractivity contribution in [3.63, 3.8) is 0 Å². The van der Waals surface area contributed by atoms with Crippen LogP contribution in [0.2, 0.25) is 0 Å². The molecule has 0 aliphatic heterocycles. The Morgan fingerprint density at radius 1 is 1.39 bits per heavy atom. The van der Waals surface area contributed by atoms with Crippen molar-refractivity contribution in [3.05, 3.63) is 18.2 Å². The summed E-state index contributed by atoms with van der Waals surface area (Å²) < 4.78 is 2.22. The van der Waals surface area contributed by atoms with E-state index in [1.54, 1.807) is 0 Å². The van der Waals surface area contributed by atoms with Crippen LogP contribution in [0.25, 0.3) is 0 Å². The highest BCUT2D eigenvalue weighted by Crippen LogP contribution is 2.30. The number of hydrogen-bond acceptors (Lipinski definition) is 2. The van der Waals surface area contributed by atoms with Crippen molar-refractivity contribution in [2.45, 2.75) is 65.6 Å². The minimum absolute atomic E-state index is 0.681. The number of hydrogen-bond donors (Lipinski definition) is 1. The van der Waals surface area contributed by atoms with Crippen LogP contribution in [-0.4, -0.2) is 15.6 Å². The Morgan fingerprint density at radius 2 is 2.17 bits per heavy atom. The second-order valence-electron chi connectivity index (χ2n) is 5.81. The summed E-state index contributed by atoms with van der Waals surface area (Å²) in [4.78, 5) is 4.44. The molecule has 0 radical (unpaired) electrons. The molecule has 1 aliphatic rings. The van der Waals surface area contributed by atoms with Crippen LogP contribution in [0.1, 0.15) is 52.3 Å². The molecule has 0 amide bonds. The van der Waals surface area contributed by atoms with Crippen molar-refractivity contribution in [2.75, 3.05) is 0 Å². The fraction of sp³-hybridized carbons (Fsp3) is 0.800. The van der Waals surface area contributed by atoms with E-state index in [0.29, 0.717) is 6.04 Å². The van der Waals surface area contributed by atoms with Crippen LogP contribution in [0.5, 0.6) is 0 Å². The molecule has 1 aromatic heterocycles. The predicted octanol–water partition coefficient (Wildman–Crippen LogP) is 3.21. The smallest absolute Gasteiger partial charge is 0.122 e. The molecule has 1 aromatic rings. The Balaban J connectivity index is 1.91. The first-order chi connectivity index (χ1) is 8.72. The molecule has 3 nitrogen and oxygen atoms in total. The Bertz CT molecular complexity index is 356. The highest BCUT2D eigenvalue weighted by atomic mass is 15.1. The van der Waals surface area contributed by atoms with Gasteiger partial charge in [0.15, 0.2) is 0 Å². The van der Waals surface area contributed by atoms with Gasteiger partial charge in [0.2, 0.25) is 0 Å². The minimum atomic E-state index is 0.681. The molecule has 1 aliphatic carbocycles. The quantitative estimate of drug-likeness (QED) is 0.868. The normalized spacial score (nSPS) is 24.7. The molecule has 3 heteroatoms. The lowest BCUT2D eigenvalue weighted by Gasteiger charge is -2.35. The van der Waals surface area contributed by atoms with Gasteiger partial charge in [0.05, 0.1) is 6.54 Å². The topological polar surface area (TPSA) is 29.9 Å². The number of aryl methyl sites for hydroxylation is 1. The molecule has 1 N–H and O–H groups in total. The van der Waals surface area contributed by atoms with Gasteiger partial charge in [-0.1, -0.05) is 26.7 Å². The maximum absolute atomic E-state index is 4.44. The van der Waals surface area contributed by atoms with Gasteiger partial charge < -0.3 is 9.88 Å². The van der Waals surface area contributed by atoms with E-state index >= 15 is 0 Å². The average Bonchev–Trinajstić information content (AvgIpc) is 2.84. The number of imidazole rings is 1. The molecule has 2 rings (SSSR count). The van der Waals surface area contributed by atoms with Gasteiger partial charge in [-0.05, 0) is 31.6 Å². The first-order valence-electron chi connectivity index (χ1n) is 7.45. The van der Waals surface area contributed by atoms with Crippen LogP contribution in [0.15, 0.2) is 12.4 Å². The molecule has 0 spiro atoms. The second kappa shape index (κ2) is 6.37. The molecule has 102 valence electrons. The molecule has 2 atom stereocenters. The molecule has 1 heterocycles. The van der Waals surface area contributed by atoms with Crippen LogP contribution in [-0.2, 0) is 13.1 Å². The van der Waals surface area contributed by atoms with E-state index in [-0.39, 0.29) is 0 Å². The molecular weight excluding hydrogens is 222 g/mol. The summed E-state index contributed by atoms with van der Waals surface area (Å²) >= 11 is 0. The lowest BCUT2D eigenvalue weighted by Crippen LogP contribution is -2.40. The Kier molecular flexibility index (Phi) is 4.81. The van der Waals surface area contributed by atoms with Gasteiger partial charge in [0.25, 0.3) is 0 Å². The van der Waals surface area contributed by atoms with Crippen LogP contribution >= 0.6 is 0 Å². The van der Waals surface area contributed by atoms with Gasteiger partial charge in [0.1, 0.15) is 5.82 Å². The van der Waals surface area contributed by atoms with Gasteiger partial charge in [0, 0.05) is 25.0 Å². The second-order valence-corrected chi connectivity index (χ2v) is 5.81. The SMILES string of the molecule is CCn1ccnc1CNC1CCCCC1C(C)C. The van der Waals surface area contributed by atoms with Gasteiger partial charge in [-0.25, -0.2) is 4.98 Å². The predicted molar refractivity (Wildman–Crippen MR) is 75.3 cm³/mol. The zero-order chi connectivity index (χ0) is 13.0. The highest BCUT2D eigenvalue weighted by Gasteiger charge is 2.27. The summed E-state index contributed by atoms with van der Waals surface area (Å²) in [5.41, 5.74) is 0. The van der Waals surface area contributed by atoms with Gasteiger partial charge >= 0.3 is 0 Å². The highest BCUT2D eigenvalue weighted by molar-refractivity contribution is 4.93. The first-order valence-corrected chi connectivity index (χ1v) is 7.45. The standard InChI is InChI=1S/C15H27N3/c1-4-18-10-9-16-15(18)11-17-14-8-6-5-7-13(14)12(2)3/h9-10,12-14,17H,4-8,11H2,1-3H3. The van der Waals surface area contributed by atoms with E-state index in [1.165, 1.54) is 31.5 Å². The van der Waals surface area contributed by atoms with E-state index in [9.17, 15) is 0 Å². The van der Waals surface area contributed by atoms with Gasteiger partial charge in [-0.2, -0.15) is 0 Å². The molecule has 0 aromatic carbocycles. The zero-order valence-corrected chi connectivity index (χ0v) is 12.0. The largest absolute Gasteiger partial charge is 0.334 e. The summed E-state index contributed by atoms with van der Waals surface area (Å²) in [6, 6.07) is 0.681. The number of rotatable bonds is 5. The Labute approximate surface area is 111 Å². The molecule has 0 bridgehead atoms. The maximum Gasteiger partial charge on any atom is 0.122 e. The van der Waals surface area contributed by atoms with Crippen molar-refractivity contribution >= 4 is 0 Å². The summed E-state index contributed by atoms with van der Waals surface area (Å²) in [7, 11) is 0. The molecule has 1 fully saturated rings. The van der Waals surface area contributed by atoms with Crippen molar-refractivity contribution in [3.8, 4) is 0 Å². The van der Waals surface area contributed by atoms with Crippen molar-refractivity contribution in [1.29, 1.82) is 0 Å². The van der Waals surface area contributed by atoms with E-state index < -0.39 is 0 Å². The third-order valence-corrected chi connectivity index (χ3v) is 4.34. The molecular formula is C15H27N3. The molecule has 1 saturated carbocycles. The monoisotopic (exact) mass is 249 g/mol. The van der Waals surface area contributed by atoms with Gasteiger partial charge in [-0.3, -0.25) is 0 Å². The third-order valence-electron chi connectivity index (χ3n) is 4.34. The number of nitrogens with one attached hydrogen (secondary N) is 1. The van der Waals surface area contributed by atoms with E-state index in [1.807, 2.05) is 6.20 Å². The summed E-state index contributed by atoms with van der Waals surface area (Å²) in [5.74, 6) is 2.79. The van der Waals surface area contributed by atoms with E-state index in [0.717, 1.165) is 24.9 Å². The van der Waals surface area contributed by atoms with E-state index in [2.05, 4.69) is 41.8 Å². The minimum Gasteiger partial charge on any atom is -0.334 e. The Morgan fingerprint density at radius 3 is 2.89 bits per heavy atom. The number of nitrogens with zero attached hydrogens (tertiary/aromatic N) is 2. The van der Waals surface area contributed by atoms with Crippen molar-refractivity contribution < 1.29 is 0 Å². The number of aromatic nitrogens is 2. The van der Waals surface area contributed by atoms with Crippen LogP contribution in [0, 0.1) is 11.8 Å². The van der Waals surface area contributed by atoms with Crippen molar-refractivity contribution in [2.24, 2.45) is 11.8 Å².